The lowest BCUT2D eigenvalue weighted by Crippen LogP contribution is -2.23. The van der Waals surface area contributed by atoms with Crippen LogP contribution in [0.2, 0.25) is 0 Å². The maximum Gasteiger partial charge on any atom is 0.141 e. The van der Waals surface area contributed by atoms with Crippen molar-refractivity contribution in [2.75, 3.05) is 4.90 Å². The number of furan rings is 1. The molecule has 1 aliphatic carbocycles. The lowest BCUT2D eigenvalue weighted by Gasteiger charge is -2.31. The number of anilines is 3. The fourth-order valence-electron chi connectivity index (χ4n) is 7.99. The van der Waals surface area contributed by atoms with E-state index in [1.165, 1.54) is 48.0 Å². The van der Waals surface area contributed by atoms with Crippen LogP contribution in [0.5, 0.6) is 0 Å². The van der Waals surface area contributed by atoms with Gasteiger partial charge in [0.1, 0.15) is 11.2 Å². The summed E-state index contributed by atoms with van der Waals surface area (Å²) in [5.74, 6) is 0. The highest BCUT2D eigenvalue weighted by Crippen LogP contribution is 2.55. The molecule has 0 aliphatic heterocycles. The van der Waals surface area contributed by atoms with E-state index in [9.17, 15) is 0 Å². The molecule has 0 bridgehead atoms. The van der Waals surface area contributed by atoms with Crippen molar-refractivity contribution in [1.29, 1.82) is 0 Å². The molecule has 2 nitrogen and oxygen atoms in total. The van der Waals surface area contributed by atoms with Crippen LogP contribution in [-0.4, -0.2) is 0 Å². The van der Waals surface area contributed by atoms with Gasteiger partial charge < -0.3 is 9.32 Å². The molecule has 0 unspecified atom stereocenters. The topological polar surface area (TPSA) is 16.4 Å². The van der Waals surface area contributed by atoms with Gasteiger partial charge in [0, 0.05) is 47.9 Å². The van der Waals surface area contributed by atoms with E-state index in [1.807, 2.05) is 11.3 Å². The fraction of sp³-hybridized carbons (Fsp3) is 0.0455. The molecule has 2 aromatic heterocycles. The summed E-state index contributed by atoms with van der Waals surface area (Å²) in [7, 11) is 0. The predicted octanol–water partition coefficient (Wildman–Crippen LogP) is 12.8. The van der Waals surface area contributed by atoms with Gasteiger partial charge in [0.2, 0.25) is 0 Å². The lowest BCUT2D eigenvalue weighted by molar-refractivity contribution is 0.638. The number of thiophene rings is 1. The zero-order valence-electron chi connectivity index (χ0n) is 25.8. The average Bonchev–Trinajstić information content (AvgIpc) is 3.78. The minimum atomic E-state index is -0.384. The Labute approximate surface area is 276 Å². The Bertz CT molecular complexity index is 2620. The van der Waals surface area contributed by atoms with Crippen molar-refractivity contribution < 1.29 is 4.42 Å². The van der Waals surface area contributed by atoms with E-state index in [0.717, 1.165) is 39.0 Å². The molecule has 0 saturated heterocycles. The third kappa shape index (κ3) is 3.72. The molecule has 0 radical (unpaired) electrons. The van der Waals surface area contributed by atoms with Crippen LogP contribution in [0.1, 0.15) is 23.6 Å². The molecule has 0 fully saturated rings. The second kappa shape index (κ2) is 9.93. The first-order valence-electron chi connectivity index (χ1n) is 16.1. The standard InChI is InChI=1S/C44H29NOS/c1-44(35-19-9-5-15-30(35)31-16-6-10-20-36(31)44)37-25-26-38(42-34-18-7-11-21-39(34)46-43(37)42)45(28-13-3-2-4-14-28)29-23-24-33-32-17-8-12-22-40(32)47-41(33)27-29/h2-27H,1H3. The number of rotatable bonds is 4. The summed E-state index contributed by atoms with van der Waals surface area (Å²) < 4.78 is 9.53. The molecule has 0 atom stereocenters. The monoisotopic (exact) mass is 619 g/mol. The molecule has 10 rings (SSSR count). The van der Waals surface area contributed by atoms with E-state index in [0.29, 0.717) is 0 Å². The Morgan fingerprint density at radius 2 is 1.15 bits per heavy atom. The first kappa shape index (κ1) is 26.6. The summed E-state index contributed by atoms with van der Waals surface area (Å²) >= 11 is 1.85. The minimum Gasteiger partial charge on any atom is -0.456 e. The van der Waals surface area contributed by atoms with Gasteiger partial charge >= 0.3 is 0 Å². The van der Waals surface area contributed by atoms with Crippen molar-refractivity contribution in [3.63, 3.8) is 0 Å². The van der Waals surface area contributed by atoms with Gasteiger partial charge in [-0.1, -0.05) is 115 Å². The van der Waals surface area contributed by atoms with Gasteiger partial charge in [0.25, 0.3) is 0 Å². The van der Waals surface area contributed by atoms with E-state index >= 15 is 0 Å². The third-order valence-corrected chi connectivity index (χ3v) is 11.3. The molecular weight excluding hydrogens is 591 g/mol. The highest BCUT2D eigenvalue weighted by molar-refractivity contribution is 7.25. The van der Waals surface area contributed by atoms with Crippen LogP contribution in [0.4, 0.5) is 17.1 Å². The molecule has 47 heavy (non-hydrogen) atoms. The van der Waals surface area contributed by atoms with E-state index in [-0.39, 0.29) is 5.41 Å². The third-order valence-electron chi connectivity index (χ3n) is 10.1. The maximum absolute atomic E-state index is 6.94. The lowest BCUT2D eigenvalue weighted by atomic mass is 9.73. The molecule has 9 aromatic rings. The van der Waals surface area contributed by atoms with Gasteiger partial charge in [0.05, 0.1) is 11.1 Å². The van der Waals surface area contributed by atoms with Crippen LogP contribution in [0.3, 0.4) is 0 Å². The summed E-state index contributed by atoms with van der Waals surface area (Å²) in [4.78, 5) is 2.40. The van der Waals surface area contributed by atoms with Crippen LogP contribution in [0.15, 0.2) is 162 Å². The van der Waals surface area contributed by atoms with E-state index in [1.54, 1.807) is 0 Å². The zero-order valence-corrected chi connectivity index (χ0v) is 26.6. The van der Waals surface area contributed by atoms with Gasteiger partial charge in [-0.2, -0.15) is 0 Å². The van der Waals surface area contributed by atoms with Crippen molar-refractivity contribution in [1.82, 2.24) is 0 Å². The van der Waals surface area contributed by atoms with Crippen molar-refractivity contribution in [3.8, 4) is 11.1 Å². The fourth-order valence-corrected chi connectivity index (χ4v) is 9.13. The Morgan fingerprint density at radius 3 is 1.94 bits per heavy atom. The first-order valence-corrected chi connectivity index (χ1v) is 16.9. The molecule has 1 aliphatic rings. The Hall–Kier alpha value is -5.64. The maximum atomic E-state index is 6.94. The van der Waals surface area contributed by atoms with E-state index in [4.69, 9.17) is 4.42 Å². The first-order chi connectivity index (χ1) is 23.2. The molecule has 2 heterocycles. The SMILES string of the molecule is CC1(c2ccc(N(c3ccccc3)c3ccc4c(c3)sc3ccccc34)c3c2oc2ccccc23)c2ccccc2-c2ccccc21. The summed E-state index contributed by atoms with van der Waals surface area (Å²) in [5, 5.41) is 4.85. The smallest absolute Gasteiger partial charge is 0.141 e. The van der Waals surface area contributed by atoms with Crippen LogP contribution in [0, 0.1) is 0 Å². The van der Waals surface area contributed by atoms with Gasteiger partial charge in [-0.15, -0.1) is 11.3 Å². The van der Waals surface area contributed by atoms with Crippen LogP contribution < -0.4 is 4.90 Å². The quantitative estimate of drug-likeness (QED) is 0.195. The molecule has 0 saturated carbocycles. The number of hydrogen-bond acceptors (Lipinski definition) is 3. The predicted molar refractivity (Wildman–Crippen MR) is 199 cm³/mol. The van der Waals surface area contributed by atoms with E-state index < -0.39 is 0 Å². The second-order valence-corrected chi connectivity index (χ2v) is 13.7. The number of para-hydroxylation sites is 2. The molecular formula is C44H29NOS. The number of fused-ring (bicyclic) bond motifs is 9. The van der Waals surface area contributed by atoms with Crippen molar-refractivity contribution in [2.45, 2.75) is 12.3 Å². The number of benzene rings is 7. The molecule has 3 heteroatoms. The minimum absolute atomic E-state index is 0.384. The average molecular weight is 620 g/mol. The summed E-state index contributed by atoms with van der Waals surface area (Å²) in [6, 6.07) is 57.1. The van der Waals surface area contributed by atoms with Gasteiger partial charge in [0.15, 0.2) is 0 Å². The zero-order chi connectivity index (χ0) is 31.1. The Kier molecular flexibility index (Phi) is 5.61. The normalized spacial score (nSPS) is 13.4. The molecule has 0 N–H and O–H groups in total. The molecule has 7 aromatic carbocycles. The number of hydrogen-bond donors (Lipinski definition) is 0. The van der Waals surface area contributed by atoms with Crippen molar-refractivity contribution >= 4 is 70.5 Å². The van der Waals surface area contributed by atoms with Crippen LogP contribution in [0.25, 0.3) is 53.2 Å². The van der Waals surface area contributed by atoms with E-state index in [2.05, 4.69) is 170 Å². The van der Waals surface area contributed by atoms with Gasteiger partial charge in [-0.3, -0.25) is 0 Å². The van der Waals surface area contributed by atoms with Crippen LogP contribution >= 0.6 is 11.3 Å². The molecule has 0 spiro atoms. The Morgan fingerprint density at radius 1 is 0.511 bits per heavy atom. The highest BCUT2D eigenvalue weighted by Gasteiger charge is 2.42. The summed E-state index contributed by atoms with van der Waals surface area (Å²) in [5.41, 5.74) is 11.2. The van der Waals surface area contributed by atoms with Gasteiger partial charge in [-0.25, -0.2) is 0 Å². The largest absolute Gasteiger partial charge is 0.456 e. The summed E-state index contributed by atoms with van der Waals surface area (Å²) in [6.07, 6.45) is 0. The van der Waals surface area contributed by atoms with Crippen molar-refractivity contribution in [2.24, 2.45) is 0 Å². The van der Waals surface area contributed by atoms with Crippen molar-refractivity contribution in [3.05, 3.63) is 174 Å². The molecule has 222 valence electrons. The number of nitrogens with zero attached hydrogens (tertiary/aromatic N) is 1. The van der Waals surface area contributed by atoms with Crippen LogP contribution in [-0.2, 0) is 5.41 Å². The Balaban J connectivity index is 1.28. The molecule has 0 amide bonds. The van der Waals surface area contributed by atoms with Gasteiger partial charge in [-0.05, 0) is 71.6 Å². The highest BCUT2D eigenvalue weighted by atomic mass is 32.1. The summed E-state index contributed by atoms with van der Waals surface area (Å²) in [6.45, 7) is 2.36. The second-order valence-electron chi connectivity index (χ2n) is 12.6.